The Kier molecular flexibility index (Phi) is 7.51. The Hall–Kier alpha value is -2.93. The van der Waals surface area contributed by atoms with Gasteiger partial charge in [0.1, 0.15) is 6.61 Å². The van der Waals surface area contributed by atoms with Crippen molar-refractivity contribution < 1.29 is 14.3 Å². The van der Waals surface area contributed by atoms with E-state index in [0.717, 1.165) is 16.7 Å². The second-order valence-corrected chi connectivity index (χ2v) is 9.52. The molecule has 34 heavy (non-hydrogen) atoms. The summed E-state index contributed by atoms with van der Waals surface area (Å²) in [5, 5.41) is 4.29. The van der Waals surface area contributed by atoms with E-state index in [1.54, 1.807) is 31.4 Å². The molecule has 3 aromatic carbocycles. The lowest BCUT2D eigenvalue weighted by atomic mass is 10.1. The Labute approximate surface area is 212 Å². The van der Waals surface area contributed by atoms with Crippen LogP contribution in [0, 0.1) is 13.8 Å². The lowest BCUT2D eigenvalue weighted by Crippen LogP contribution is -2.19. The van der Waals surface area contributed by atoms with Crippen LogP contribution in [-0.2, 0) is 11.4 Å². The summed E-state index contributed by atoms with van der Waals surface area (Å²) in [6.45, 7) is 4.28. The van der Waals surface area contributed by atoms with Gasteiger partial charge in [0.05, 0.1) is 22.7 Å². The average molecular weight is 513 g/mol. The molecular weight excluding hydrogens is 491 g/mol. The minimum atomic E-state index is -0.238. The van der Waals surface area contributed by atoms with E-state index in [9.17, 15) is 4.79 Å². The zero-order chi connectivity index (χ0) is 24.2. The predicted molar refractivity (Wildman–Crippen MR) is 141 cm³/mol. The number of aliphatic imine (C=N–C) groups is 1. The summed E-state index contributed by atoms with van der Waals surface area (Å²) in [5.41, 5.74) is 4.45. The van der Waals surface area contributed by atoms with Gasteiger partial charge in [-0.1, -0.05) is 59.1 Å². The third-order valence-corrected chi connectivity index (χ3v) is 6.73. The molecule has 1 fully saturated rings. The summed E-state index contributed by atoms with van der Waals surface area (Å²) in [7, 11) is 1.55. The zero-order valence-electron chi connectivity index (χ0n) is 18.8. The monoisotopic (exact) mass is 512 g/mol. The minimum Gasteiger partial charge on any atom is -0.493 e. The van der Waals surface area contributed by atoms with Crippen molar-refractivity contribution in [2.45, 2.75) is 20.5 Å². The van der Waals surface area contributed by atoms with Crippen molar-refractivity contribution in [3.63, 3.8) is 0 Å². The number of amides is 1. The van der Waals surface area contributed by atoms with Gasteiger partial charge in [-0.05, 0) is 72.6 Å². The van der Waals surface area contributed by atoms with Crippen molar-refractivity contribution in [3.8, 4) is 11.5 Å². The van der Waals surface area contributed by atoms with Gasteiger partial charge in [-0.3, -0.25) is 4.79 Å². The Morgan fingerprint density at radius 3 is 2.62 bits per heavy atom. The maximum absolute atomic E-state index is 12.5. The van der Waals surface area contributed by atoms with Crippen LogP contribution in [0.2, 0.25) is 10.0 Å². The molecule has 8 heteroatoms. The molecule has 0 unspecified atom stereocenters. The van der Waals surface area contributed by atoms with Crippen molar-refractivity contribution in [2.75, 3.05) is 7.11 Å². The number of aryl methyl sites for hydroxylation is 1. The molecule has 1 heterocycles. The fourth-order valence-corrected chi connectivity index (χ4v) is 4.66. The van der Waals surface area contributed by atoms with Gasteiger partial charge in [0, 0.05) is 5.02 Å². The summed E-state index contributed by atoms with van der Waals surface area (Å²) in [5.74, 6) is 0.701. The summed E-state index contributed by atoms with van der Waals surface area (Å²) in [6, 6.07) is 17.1. The third kappa shape index (κ3) is 5.58. The van der Waals surface area contributed by atoms with E-state index in [4.69, 9.17) is 32.7 Å². The SMILES string of the molecule is COc1cc(/C=C2/SC(=Nc3cccc(Cl)c3C)NC2=O)cc(Cl)c1OCc1cccc(C)c1. The highest BCUT2D eigenvalue weighted by atomic mass is 35.5. The van der Waals surface area contributed by atoms with Gasteiger partial charge in [-0.2, -0.15) is 0 Å². The van der Waals surface area contributed by atoms with Gasteiger partial charge in [0.25, 0.3) is 5.91 Å². The second kappa shape index (κ2) is 10.6. The van der Waals surface area contributed by atoms with Crippen molar-refractivity contribution >= 4 is 57.8 Å². The number of benzene rings is 3. The van der Waals surface area contributed by atoms with Crippen LogP contribution >= 0.6 is 35.0 Å². The third-order valence-electron chi connectivity index (χ3n) is 5.13. The van der Waals surface area contributed by atoms with Gasteiger partial charge in [0.2, 0.25) is 0 Å². The molecule has 1 aliphatic rings. The van der Waals surface area contributed by atoms with Crippen molar-refractivity contribution in [1.82, 2.24) is 5.32 Å². The number of thioether (sulfide) groups is 1. The van der Waals surface area contributed by atoms with Crippen LogP contribution in [0.25, 0.3) is 6.08 Å². The number of carbonyl (C=O) groups excluding carboxylic acids is 1. The highest BCUT2D eigenvalue weighted by molar-refractivity contribution is 8.18. The average Bonchev–Trinajstić information content (AvgIpc) is 3.14. The number of hydrogen-bond acceptors (Lipinski definition) is 5. The van der Waals surface area contributed by atoms with Crippen LogP contribution in [0.1, 0.15) is 22.3 Å². The van der Waals surface area contributed by atoms with Gasteiger partial charge in [-0.25, -0.2) is 4.99 Å². The molecule has 0 spiro atoms. The van der Waals surface area contributed by atoms with Crippen LogP contribution in [0.5, 0.6) is 11.5 Å². The highest BCUT2D eigenvalue weighted by Crippen LogP contribution is 2.39. The number of halogens is 2. The van der Waals surface area contributed by atoms with E-state index >= 15 is 0 Å². The van der Waals surface area contributed by atoms with Crippen LogP contribution < -0.4 is 14.8 Å². The quantitative estimate of drug-likeness (QED) is 0.358. The molecule has 0 aliphatic carbocycles. The number of hydrogen-bond donors (Lipinski definition) is 1. The van der Waals surface area contributed by atoms with E-state index < -0.39 is 0 Å². The normalized spacial score (nSPS) is 15.6. The molecule has 1 aliphatic heterocycles. The highest BCUT2D eigenvalue weighted by Gasteiger charge is 2.24. The first-order valence-corrected chi connectivity index (χ1v) is 12.0. The number of nitrogens with one attached hydrogen (secondary N) is 1. The number of carbonyl (C=O) groups is 1. The number of methoxy groups -OCH3 is 1. The molecule has 0 aromatic heterocycles. The molecule has 1 N–H and O–H groups in total. The Bertz CT molecular complexity index is 1320. The minimum absolute atomic E-state index is 0.238. The molecule has 5 nitrogen and oxygen atoms in total. The summed E-state index contributed by atoms with van der Waals surface area (Å²) < 4.78 is 11.5. The number of amidine groups is 1. The largest absolute Gasteiger partial charge is 0.493 e. The Morgan fingerprint density at radius 1 is 1.06 bits per heavy atom. The van der Waals surface area contributed by atoms with E-state index in [1.165, 1.54) is 11.8 Å². The van der Waals surface area contributed by atoms with Crippen LogP contribution in [0.4, 0.5) is 5.69 Å². The molecule has 1 amide bonds. The topological polar surface area (TPSA) is 59.9 Å². The van der Waals surface area contributed by atoms with Crippen molar-refractivity contribution in [1.29, 1.82) is 0 Å². The van der Waals surface area contributed by atoms with E-state index in [2.05, 4.69) is 16.4 Å². The van der Waals surface area contributed by atoms with Crippen molar-refractivity contribution in [2.24, 2.45) is 4.99 Å². The van der Waals surface area contributed by atoms with Gasteiger partial charge < -0.3 is 14.8 Å². The molecule has 0 radical (unpaired) electrons. The van der Waals surface area contributed by atoms with Crippen LogP contribution in [-0.4, -0.2) is 18.2 Å². The van der Waals surface area contributed by atoms with Crippen LogP contribution in [0.15, 0.2) is 64.5 Å². The fraction of sp³-hybridized carbons (Fsp3) is 0.154. The van der Waals surface area contributed by atoms with Crippen LogP contribution in [0.3, 0.4) is 0 Å². The summed E-state index contributed by atoms with van der Waals surface area (Å²) in [6.07, 6.45) is 1.74. The fourth-order valence-electron chi connectivity index (χ4n) is 3.38. The van der Waals surface area contributed by atoms with Crippen molar-refractivity contribution in [3.05, 3.63) is 91.8 Å². The lowest BCUT2D eigenvalue weighted by Gasteiger charge is -2.14. The summed E-state index contributed by atoms with van der Waals surface area (Å²) in [4.78, 5) is 17.6. The molecular formula is C26H22Cl2N2O3S. The van der Waals surface area contributed by atoms with Gasteiger partial charge in [0.15, 0.2) is 16.7 Å². The summed E-state index contributed by atoms with van der Waals surface area (Å²) >= 11 is 13.9. The molecule has 0 bridgehead atoms. The zero-order valence-corrected chi connectivity index (χ0v) is 21.1. The maximum Gasteiger partial charge on any atom is 0.264 e. The van der Waals surface area contributed by atoms with E-state index in [0.29, 0.717) is 49.5 Å². The number of nitrogens with zero attached hydrogens (tertiary/aromatic N) is 1. The molecule has 0 saturated carbocycles. The molecule has 3 aromatic rings. The number of ether oxygens (including phenoxy) is 2. The molecule has 1 saturated heterocycles. The van der Waals surface area contributed by atoms with Gasteiger partial charge >= 0.3 is 0 Å². The van der Waals surface area contributed by atoms with E-state index in [-0.39, 0.29) is 5.91 Å². The molecule has 0 atom stereocenters. The second-order valence-electron chi connectivity index (χ2n) is 7.68. The van der Waals surface area contributed by atoms with E-state index in [1.807, 2.05) is 44.2 Å². The molecule has 174 valence electrons. The first kappa shape index (κ1) is 24.2. The first-order valence-electron chi connectivity index (χ1n) is 10.4. The van der Waals surface area contributed by atoms with Gasteiger partial charge in [-0.15, -0.1) is 0 Å². The maximum atomic E-state index is 12.5. The predicted octanol–water partition coefficient (Wildman–Crippen LogP) is 7.09. The Morgan fingerprint density at radius 2 is 1.85 bits per heavy atom. The first-order chi connectivity index (χ1) is 16.3. The smallest absolute Gasteiger partial charge is 0.264 e. The lowest BCUT2D eigenvalue weighted by molar-refractivity contribution is -0.115. The molecule has 4 rings (SSSR count). The Balaban J connectivity index is 1.55. The number of rotatable bonds is 6. The standard InChI is InChI=1S/C26H22Cl2N2O3S/c1-15-6-4-7-17(10-15)14-33-24-20(28)11-18(12-22(24)32-3)13-23-25(31)30-26(34-23)29-21-9-5-8-19(27)16(21)2/h4-13H,14H2,1-3H3,(H,29,30,31)/b23-13+.